The van der Waals surface area contributed by atoms with Crippen LogP contribution in [0.15, 0.2) is 29.3 Å². The van der Waals surface area contributed by atoms with Crippen LogP contribution in [0.2, 0.25) is 0 Å². The zero-order valence-corrected chi connectivity index (χ0v) is 12.7. The summed E-state index contributed by atoms with van der Waals surface area (Å²) < 4.78 is 3.88. The predicted octanol–water partition coefficient (Wildman–Crippen LogP) is 2.90. The number of nitrogens with one attached hydrogen (secondary N) is 1. The average Bonchev–Trinajstić information content (AvgIpc) is 2.82. The maximum Gasteiger partial charge on any atom is 0.193 e. The second kappa shape index (κ2) is 6.47. The van der Waals surface area contributed by atoms with Gasteiger partial charge in [0.25, 0.3) is 0 Å². The van der Waals surface area contributed by atoms with Gasteiger partial charge in [-0.3, -0.25) is 0 Å². The van der Waals surface area contributed by atoms with E-state index in [1.807, 2.05) is 19.1 Å². The molecule has 0 unspecified atom stereocenters. The highest BCUT2D eigenvalue weighted by atomic mass is 32.1. The number of benzene rings is 1. The van der Waals surface area contributed by atoms with E-state index < -0.39 is 0 Å². The molecule has 106 valence electrons. The van der Waals surface area contributed by atoms with Gasteiger partial charge >= 0.3 is 0 Å². The van der Waals surface area contributed by atoms with E-state index in [4.69, 9.17) is 5.73 Å². The van der Waals surface area contributed by atoms with Crippen molar-refractivity contribution in [3.05, 3.63) is 40.4 Å². The van der Waals surface area contributed by atoms with Crippen LogP contribution in [0.1, 0.15) is 35.9 Å². The normalized spacial score (nSPS) is 11.9. The van der Waals surface area contributed by atoms with Gasteiger partial charge in [-0.1, -0.05) is 30.5 Å². The summed E-state index contributed by atoms with van der Waals surface area (Å²) in [4.78, 5) is 5.34. The largest absolute Gasteiger partial charge is 0.370 e. The molecule has 2 aromatic rings. The molecule has 0 saturated heterocycles. The second-order valence-electron chi connectivity index (χ2n) is 4.89. The van der Waals surface area contributed by atoms with Crippen molar-refractivity contribution in [1.82, 2.24) is 9.59 Å². The van der Waals surface area contributed by atoms with Gasteiger partial charge in [0, 0.05) is 5.69 Å². The van der Waals surface area contributed by atoms with Gasteiger partial charge in [0.1, 0.15) is 0 Å². The number of aliphatic imine (C=N–C) groups is 1. The Morgan fingerprint density at radius 3 is 2.90 bits per heavy atom. The first kappa shape index (κ1) is 14.5. The Balaban J connectivity index is 2.02. The van der Waals surface area contributed by atoms with Gasteiger partial charge in [0.05, 0.1) is 17.1 Å². The highest BCUT2D eigenvalue weighted by Gasteiger charge is 2.03. The summed E-state index contributed by atoms with van der Waals surface area (Å²) >= 11 is 1.35. The molecule has 0 fully saturated rings. The van der Waals surface area contributed by atoms with Gasteiger partial charge in [-0.05, 0) is 42.1 Å². The SMILES string of the molecule is Cc1nnsc1CN=C(N)Nc1cccc(C(C)C)c1. The van der Waals surface area contributed by atoms with E-state index in [-0.39, 0.29) is 0 Å². The van der Waals surface area contributed by atoms with Crippen molar-refractivity contribution in [2.45, 2.75) is 33.2 Å². The van der Waals surface area contributed by atoms with Crippen LogP contribution in [0.25, 0.3) is 0 Å². The van der Waals surface area contributed by atoms with Crippen molar-refractivity contribution in [3.63, 3.8) is 0 Å². The third-order valence-electron chi connectivity index (χ3n) is 2.96. The Kier molecular flexibility index (Phi) is 4.68. The number of nitrogens with two attached hydrogens (primary N) is 1. The van der Waals surface area contributed by atoms with Crippen LogP contribution in [0, 0.1) is 6.92 Å². The number of nitrogens with zero attached hydrogens (tertiary/aromatic N) is 3. The first-order chi connectivity index (χ1) is 9.56. The fourth-order valence-corrected chi connectivity index (χ4v) is 2.27. The third kappa shape index (κ3) is 3.77. The topological polar surface area (TPSA) is 76.2 Å². The van der Waals surface area contributed by atoms with Gasteiger partial charge in [0.2, 0.25) is 0 Å². The van der Waals surface area contributed by atoms with E-state index in [1.165, 1.54) is 17.1 Å². The number of rotatable bonds is 4. The van der Waals surface area contributed by atoms with Crippen molar-refractivity contribution >= 4 is 23.2 Å². The second-order valence-corrected chi connectivity index (χ2v) is 5.73. The summed E-state index contributed by atoms with van der Waals surface area (Å²) in [6.45, 7) is 6.75. The molecular formula is C14H19N5S. The van der Waals surface area contributed by atoms with E-state index in [1.54, 1.807) is 0 Å². The highest BCUT2D eigenvalue weighted by Crippen LogP contribution is 2.18. The molecule has 3 N–H and O–H groups in total. The van der Waals surface area contributed by atoms with Crippen LogP contribution in [0.3, 0.4) is 0 Å². The van der Waals surface area contributed by atoms with Crippen molar-refractivity contribution in [2.24, 2.45) is 10.7 Å². The minimum absolute atomic E-state index is 0.402. The zero-order chi connectivity index (χ0) is 14.5. The Morgan fingerprint density at radius 2 is 2.25 bits per heavy atom. The highest BCUT2D eigenvalue weighted by molar-refractivity contribution is 7.05. The predicted molar refractivity (Wildman–Crippen MR) is 84.1 cm³/mol. The summed E-state index contributed by atoms with van der Waals surface area (Å²) in [5, 5.41) is 7.06. The monoisotopic (exact) mass is 289 g/mol. The molecule has 0 aliphatic heterocycles. The summed E-state index contributed by atoms with van der Waals surface area (Å²) in [5.41, 5.74) is 9.04. The first-order valence-electron chi connectivity index (χ1n) is 6.51. The van der Waals surface area contributed by atoms with Crippen molar-refractivity contribution in [1.29, 1.82) is 0 Å². The van der Waals surface area contributed by atoms with Gasteiger partial charge < -0.3 is 11.1 Å². The van der Waals surface area contributed by atoms with Crippen molar-refractivity contribution in [2.75, 3.05) is 5.32 Å². The number of aryl methyl sites for hydroxylation is 1. The molecule has 1 heterocycles. The molecule has 0 bridgehead atoms. The lowest BCUT2D eigenvalue weighted by atomic mass is 10.0. The first-order valence-corrected chi connectivity index (χ1v) is 7.28. The van der Waals surface area contributed by atoms with E-state index in [2.05, 4.69) is 45.9 Å². The molecule has 6 heteroatoms. The molecule has 0 radical (unpaired) electrons. The van der Waals surface area contributed by atoms with E-state index >= 15 is 0 Å². The third-order valence-corrected chi connectivity index (χ3v) is 3.77. The molecule has 2 rings (SSSR count). The molecule has 5 nitrogen and oxygen atoms in total. The zero-order valence-electron chi connectivity index (χ0n) is 11.9. The summed E-state index contributed by atoms with van der Waals surface area (Å²) in [5.74, 6) is 0.888. The van der Waals surface area contributed by atoms with Crippen LogP contribution in [-0.2, 0) is 6.54 Å². The number of aromatic nitrogens is 2. The summed E-state index contributed by atoms with van der Waals surface area (Å²) in [7, 11) is 0. The maximum absolute atomic E-state index is 5.90. The van der Waals surface area contributed by atoms with Crippen LogP contribution >= 0.6 is 11.5 Å². The molecule has 1 aromatic carbocycles. The van der Waals surface area contributed by atoms with Gasteiger partial charge in [-0.15, -0.1) is 5.10 Å². The van der Waals surface area contributed by atoms with Gasteiger partial charge in [0.15, 0.2) is 5.96 Å². The van der Waals surface area contributed by atoms with Gasteiger partial charge in [-0.2, -0.15) is 0 Å². The number of hydrogen-bond donors (Lipinski definition) is 2. The number of hydrogen-bond acceptors (Lipinski definition) is 4. The van der Waals surface area contributed by atoms with Crippen molar-refractivity contribution < 1.29 is 0 Å². The fourth-order valence-electron chi connectivity index (χ4n) is 1.72. The average molecular weight is 289 g/mol. The molecule has 0 aliphatic carbocycles. The summed E-state index contributed by atoms with van der Waals surface area (Å²) in [6.07, 6.45) is 0. The van der Waals surface area contributed by atoms with E-state index in [0.29, 0.717) is 18.4 Å². The molecule has 1 aromatic heterocycles. The van der Waals surface area contributed by atoms with Gasteiger partial charge in [-0.25, -0.2) is 4.99 Å². The van der Waals surface area contributed by atoms with Crippen molar-refractivity contribution in [3.8, 4) is 0 Å². The Morgan fingerprint density at radius 1 is 1.45 bits per heavy atom. The number of guanidine groups is 1. The molecular weight excluding hydrogens is 270 g/mol. The smallest absolute Gasteiger partial charge is 0.193 e. The molecule has 20 heavy (non-hydrogen) atoms. The fraction of sp³-hybridized carbons (Fsp3) is 0.357. The Hall–Kier alpha value is -1.95. The van der Waals surface area contributed by atoms with Crippen LogP contribution < -0.4 is 11.1 Å². The molecule has 0 amide bonds. The van der Waals surface area contributed by atoms with Crippen LogP contribution in [-0.4, -0.2) is 15.5 Å². The number of anilines is 1. The minimum atomic E-state index is 0.402. The molecule has 0 aliphatic rings. The minimum Gasteiger partial charge on any atom is -0.370 e. The van der Waals surface area contributed by atoms with Crippen LogP contribution in [0.4, 0.5) is 5.69 Å². The Bertz CT molecular complexity index is 603. The summed E-state index contributed by atoms with van der Waals surface area (Å²) in [6, 6.07) is 8.19. The van der Waals surface area contributed by atoms with E-state index in [0.717, 1.165) is 16.3 Å². The standard InChI is InChI=1S/C14H19N5S/c1-9(2)11-5-4-6-12(7-11)17-14(15)16-8-13-10(3)18-19-20-13/h4-7,9H,8H2,1-3H3,(H3,15,16,17). The lowest BCUT2D eigenvalue weighted by molar-refractivity contribution is 0.867. The van der Waals surface area contributed by atoms with Crippen LogP contribution in [0.5, 0.6) is 0 Å². The lowest BCUT2D eigenvalue weighted by Gasteiger charge is -2.09. The molecule has 0 atom stereocenters. The molecule has 0 saturated carbocycles. The lowest BCUT2D eigenvalue weighted by Crippen LogP contribution is -2.22. The quantitative estimate of drug-likeness (QED) is 0.670. The molecule has 0 spiro atoms. The van der Waals surface area contributed by atoms with E-state index in [9.17, 15) is 0 Å². The Labute approximate surface area is 123 Å². The maximum atomic E-state index is 5.90.